The lowest BCUT2D eigenvalue weighted by Crippen LogP contribution is -2.14. The van der Waals surface area contributed by atoms with Gasteiger partial charge < -0.3 is 10.4 Å². The van der Waals surface area contributed by atoms with Gasteiger partial charge in [-0.2, -0.15) is 5.26 Å². The molecule has 0 saturated heterocycles. The van der Waals surface area contributed by atoms with E-state index >= 15 is 0 Å². The first-order chi connectivity index (χ1) is 8.13. The van der Waals surface area contributed by atoms with Crippen LogP contribution in [0.3, 0.4) is 0 Å². The first kappa shape index (κ1) is 12.9. The molecule has 17 heavy (non-hydrogen) atoms. The Labute approximate surface area is 100 Å². The van der Waals surface area contributed by atoms with Gasteiger partial charge in [0.2, 0.25) is 0 Å². The molecule has 1 rings (SSSR count). The third-order valence-electron chi connectivity index (χ3n) is 2.30. The molecule has 88 valence electrons. The van der Waals surface area contributed by atoms with Gasteiger partial charge in [0.25, 0.3) is 0 Å². The molecule has 1 aromatic rings. The molecule has 1 aromatic carbocycles. The number of nitrogens with zero attached hydrogens (tertiary/aromatic N) is 1. The number of nitriles is 1. The minimum Gasteiger partial charge on any atom is -0.478 e. The second-order valence-corrected chi connectivity index (χ2v) is 3.63. The summed E-state index contributed by atoms with van der Waals surface area (Å²) in [6.07, 6.45) is 1.63. The first-order valence-electron chi connectivity index (χ1n) is 5.23. The van der Waals surface area contributed by atoms with Crippen molar-refractivity contribution in [2.24, 2.45) is 0 Å². The number of hydrogen-bond acceptors (Lipinski definition) is 3. The molecule has 0 aromatic heterocycles. The molecular weight excluding hydrogens is 216 g/mol. The highest BCUT2D eigenvalue weighted by molar-refractivity contribution is 5.85. The van der Waals surface area contributed by atoms with Crippen molar-refractivity contribution in [3.8, 4) is 6.07 Å². The van der Waals surface area contributed by atoms with Crippen molar-refractivity contribution >= 4 is 5.97 Å². The van der Waals surface area contributed by atoms with Gasteiger partial charge in [-0.15, -0.1) is 0 Å². The number of rotatable bonds is 5. The first-order valence-corrected chi connectivity index (χ1v) is 5.23. The van der Waals surface area contributed by atoms with Gasteiger partial charge in [-0.25, -0.2) is 4.79 Å². The summed E-state index contributed by atoms with van der Waals surface area (Å²) in [5.74, 6) is -0.898. The van der Waals surface area contributed by atoms with Gasteiger partial charge in [0, 0.05) is 18.7 Å². The Kier molecular flexibility index (Phi) is 4.92. The van der Waals surface area contributed by atoms with Crippen molar-refractivity contribution in [3.05, 3.63) is 47.0 Å². The van der Waals surface area contributed by atoms with E-state index in [4.69, 9.17) is 10.4 Å². The van der Waals surface area contributed by atoms with Crippen LogP contribution in [0.2, 0.25) is 0 Å². The van der Waals surface area contributed by atoms with Crippen LogP contribution in [0, 0.1) is 11.3 Å². The Hall–Kier alpha value is -2.12. The monoisotopic (exact) mass is 230 g/mol. The maximum absolute atomic E-state index is 10.5. The van der Waals surface area contributed by atoms with Crippen molar-refractivity contribution in [1.29, 1.82) is 5.26 Å². The van der Waals surface area contributed by atoms with Gasteiger partial charge >= 0.3 is 5.97 Å². The highest BCUT2D eigenvalue weighted by Crippen LogP contribution is 2.02. The van der Waals surface area contributed by atoms with E-state index in [0.29, 0.717) is 24.2 Å². The number of aliphatic carboxylic acids is 1. The van der Waals surface area contributed by atoms with Gasteiger partial charge in [0.05, 0.1) is 11.6 Å². The zero-order valence-electron chi connectivity index (χ0n) is 9.60. The van der Waals surface area contributed by atoms with Crippen LogP contribution in [0.4, 0.5) is 0 Å². The van der Waals surface area contributed by atoms with Crippen LogP contribution in [-0.2, 0) is 11.3 Å². The Bertz CT molecular complexity index is 455. The summed E-state index contributed by atoms with van der Waals surface area (Å²) in [5.41, 5.74) is 2.03. The molecule has 0 unspecified atom stereocenters. The predicted molar refractivity (Wildman–Crippen MR) is 64.3 cm³/mol. The number of carbonyl (C=O) groups is 1. The summed E-state index contributed by atoms with van der Waals surface area (Å²) >= 11 is 0. The lowest BCUT2D eigenvalue weighted by Gasteiger charge is -2.02. The number of carboxylic acids is 1. The lowest BCUT2D eigenvalue weighted by atomic mass is 10.1. The fraction of sp³-hybridized carbons (Fsp3) is 0.231. The van der Waals surface area contributed by atoms with E-state index in [0.717, 1.165) is 5.56 Å². The number of hydrogen-bond donors (Lipinski definition) is 2. The maximum Gasteiger partial charge on any atom is 0.330 e. The topological polar surface area (TPSA) is 73.1 Å². The van der Waals surface area contributed by atoms with E-state index < -0.39 is 5.97 Å². The molecule has 0 heterocycles. The van der Waals surface area contributed by atoms with Crippen LogP contribution in [0.5, 0.6) is 0 Å². The SMILES string of the molecule is C/C(=C/CNCc1ccc(C#N)cc1)C(=O)O. The summed E-state index contributed by atoms with van der Waals surface area (Å²) < 4.78 is 0. The molecule has 0 amide bonds. The average molecular weight is 230 g/mol. The molecule has 0 aliphatic rings. The molecule has 0 bridgehead atoms. The molecule has 0 radical (unpaired) electrons. The fourth-order valence-corrected chi connectivity index (χ4v) is 1.23. The summed E-state index contributed by atoms with van der Waals surface area (Å²) in [4.78, 5) is 10.5. The normalized spacial score (nSPS) is 10.9. The molecule has 0 spiro atoms. The minimum atomic E-state index is -0.898. The van der Waals surface area contributed by atoms with Crippen LogP contribution in [0.1, 0.15) is 18.1 Å². The standard InChI is InChI=1S/C13H14N2O2/c1-10(13(16)17)6-7-15-9-12-4-2-11(8-14)3-5-12/h2-6,15H,7,9H2,1H3,(H,16,17)/b10-6-. The van der Waals surface area contributed by atoms with Crippen LogP contribution in [0.25, 0.3) is 0 Å². The van der Waals surface area contributed by atoms with Crippen LogP contribution < -0.4 is 5.32 Å². The minimum absolute atomic E-state index is 0.331. The third kappa shape index (κ3) is 4.49. The Morgan fingerprint density at radius 2 is 2.12 bits per heavy atom. The van der Waals surface area contributed by atoms with Gasteiger partial charge in [0.15, 0.2) is 0 Å². The van der Waals surface area contributed by atoms with Crippen molar-refractivity contribution in [2.75, 3.05) is 6.54 Å². The molecule has 4 nitrogen and oxygen atoms in total. The van der Waals surface area contributed by atoms with E-state index in [1.54, 1.807) is 25.1 Å². The zero-order valence-corrected chi connectivity index (χ0v) is 9.60. The molecular formula is C13H14N2O2. The average Bonchev–Trinajstić information content (AvgIpc) is 2.35. The highest BCUT2D eigenvalue weighted by atomic mass is 16.4. The predicted octanol–water partition coefficient (Wildman–Crippen LogP) is 1.68. The van der Waals surface area contributed by atoms with Crippen molar-refractivity contribution in [2.45, 2.75) is 13.5 Å². The van der Waals surface area contributed by atoms with Crippen LogP contribution in [0.15, 0.2) is 35.9 Å². The summed E-state index contributed by atoms with van der Waals surface area (Å²) in [7, 11) is 0. The third-order valence-corrected chi connectivity index (χ3v) is 2.30. The summed E-state index contributed by atoms with van der Waals surface area (Å²) in [6.45, 7) is 2.72. The fourth-order valence-electron chi connectivity index (χ4n) is 1.23. The van der Waals surface area contributed by atoms with E-state index in [1.165, 1.54) is 0 Å². The Balaban J connectivity index is 2.39. The highest BCUT2D eigenvalue weighted by Gasteiger charge is 1.98. The molecule has 0 aliphatic heterocycles. The second-order valence-electron chi connectivity index (χ2n) is 3.63. The van der Waals surface area contributed by atoms with Crippen molar-refractivity contribution in [1.82, 2.24) is 5.32 Å². The summed E-state index contributed by atoms with van der Waals surface area (Å²) in [6, 6.07) is 9.32. The van der Waals surface area contributed by atoms with E-state index in [2.05, 4.69) is 11.4 Å². The van der Waals surface area contributed by atoms with Gasteiger partial charge in [-0.3, -0.25) is 0 Å². The summed E-state index contributed by atoms with van der Waals surface area (Å²) in [5, 5.41) is 20.4. The van der Waals surface area contributed by atoms with Crippen LogP contribution >= 0.6 is 0 Å². The largest absolute Gasteiger partial charge is 0.478 e. The van der Waals surface area contributed by atoms with Gasteiger partial charge in [-0.05, 0) is 24.6 Å². The molecule has 2 N–H and O–H groups in total. The second kappa shape index (κ2) is 6.46. The smallest absolute Gasteiger partial charge is 0.330 e. The Morgan fingerprint density at radius 3 is 2.65 bits per heavy atom. The lowest BCUT2D eigenvalue weighted by molar-refractivity contribution is -0.132. The van der Waals surface area contributed by atoms with Crippen molar-refractivity contribution < 1.29 is 9.90 Å². The molecule has 4 heteroatoms. The number of benzene rings is 1. The molecule has 0 atom stereocenters. The van der Waals surface area contributed by atoms with E-state index in [1.807, 2.05) is 12.1 Å². The van der Waals surface area contributed by atoms with Crippen molar-refractivity contribution in [3.63, 3.8) is 0 Å². The zero-order chi connectivity index (χ0) is 12.7. The van der Waals surface area contributed by atoms with Gasteiger partial charge in [-0.1, -0.05) is 18.2 Å². The molecule has 0 saturated carbocycles. The number of carboxylic acid groups (broad SMARTS) is 1. The van der Waals surface area contributed by atoms with Gasteiger partial charge in [0.1, 0.15) is 0 Å². The quantitative estimate of drug-likeness (QED) is 0.596. The number of nitrogens with one attached hydrogen (secondary N) is 1. The van der Waals surface area contributed by atoms with E-state index in [9.17, 15) is 4.79 Å². The Morgan fingerprint density at radius 1 is 1.47 bits per heavy atom. The molecule has 0 aliphatic carbocycles. The maximum atomic E-state index is 10.5. The molecule has 0 fully saturated rings. The van der Waals surface area contributed by atoms with Crippen LogP contribution in [-0.4, -0.2) is 17.6 Å². The van der Waals surface area contributed by atoms with E-state index in [-0.39, 0.29) is 0 Å².